The van der Waals surface area contributed by atoms with Crippen molar-refractivity contribution in [1.82, 2.24) is 0 Å². The fourth-order valence-electron chi connectivity index (χ4n) is 1.07. The number of nitrogens with two attached hydrogens (primary N) is 1. The second-order valence-electron chi connectivity index (χ2n) is 3.44. The molecule has 1 aromatic carbocycles. The van der Waals surface area contributed by atoms with E-state index in [4.69, 9.17) is 5.73 Å². The number of halogens is 4. The molecule has 0 aromatic heterocycles. The van der Waals surface area contributed by atoms with E-state index in [0.717, 1.165) is 12.1 Å². The predicted molar refractivity (Wildman–Crippen MR) is 58.7 cm³/mol. The molecule has 0 aliphatic heterocycles. The van der Waals surface area contributed by atoms with E-state index in [1.807, 2.05) is 0 Å². The van der Waals surface area contributed by atoms with E-state index >= 15 is 0 Å². The topological polar surface area (TPSA) is 52.3 Å². The Bertz CT molecular complexity index is 520. The van der Waals surface area contributed by atoms with Gasteiger partial charge >= 0.3 is 12.5 Å². The van der Waals surface area contributed by atoms with Gasteiger partial charge in [0.2, 0.25) is 5.91 Å². The summed E-state index contributed by atoms with van der Waals surface area (Å²) < 4.78 is 53.1. The first-order valence-electron chi connectivity index (χ1n) is 5.03. The van der Waals surface area contributed by atoms with Crippen molar-refractivity contribution in [2.75, 3.05) is 0 Å². The lowest BCUT2D eigenvalue weighted by molar-refractivity contribution is -0.253. The van der Waals surface area contributed by atoms with Crippen molar-refractivity contribution in [1.29, 1.82) is 0 Å². The third kappa shape index (κ3) is 4.87. The van der Waals surface area contributed by atoms with Crippen LogP contribution in [0.4, 0.5) is 17.6 Å². The Hall–Kier alpha value is -2.23. The molecule has 0 atom stereocenters. The summed E-state index contributed by atoms with van der Waals surface area (Å²) in [5, 5.41) is 0. The molecule has 19 heavy (non-hydrogen) atoms. The molecule has 0 unspecified atom stereocenters. The van der Waals surface area contributed by atoms with Crippen molar-refractivity contribution in [3.8, 4) is 17.6 Å². The van der Waals surface area contributed by atoms with Gasteiger partial charge in [-0.2, -0.15) is 17.6 Å². The average molecular weight is 275 g/mol. The van der Waals surface area contributed by atoms with Gasteiger partial charge in [0.1, 0.15) is 5.75 Å². The zero-order valence-electron chi connectivity index (χ0n) is 9.50. The van der Waals surface area contributed by atoms with Crippen LogP contribution in [0, 0.1) is 11.8 Å². The monoisotopic (exact) mass is 275 g/mol. The Morgan fingerprint density at radius 3 is 2.68 bits per heavy atom. The highest BCUT2D eigenvalue weighted by Crippen LogP contribution is 2.27. The van der Waals surface area contributed by atoms with E-state index in [1.165, 1.54) is 12.1 Å². The highest BCUT2D eigenvalue weighted by Gasteiger charge is 2.43. The molecule has 1 rings (SSSR count). The van der Waals surface area contributed by atoms with Crippen LogP contribution in [0.2, 0.25) is 0 Å². The van der Waals surface area contributed by atoms with Crippen LogP contribution in [0.3, 0.4) is 0 Å². The minimum absolute atomic E-state index is 0.196. The lowest BCUT2D eigenvalue weighted by Gasteiger charge is -2.16. The molecule has 0 aliphatic rings. The molecule has 2 N–H and O–H groups in total. The number of primary amides is 1. The Balaban J connectivity index is 2.82. The molecule has 102 valence electrons. The van der Waals surface area contributed by atoms with Gasteiger partial charge in [-0.05, 0) is 18.2 Å². The minimum Gasteiger partial charge on any atom is -0.428 e. The van der Waals surface area contributed by atoms with Gasteiger partial charge in [0, 0.05) is 5.56 Å². The van der Waals surface area contributed by atoms with Crippen molar-refractivity contribution in [2.45, 2.75) is 19.0 Å². The van der Waals surface area contributed by atoms with Crippen molar-refractivity contribution in [2.24, 2.45) is 5.73 Å². The van der Waals surface area contributed by atoms with Crippen LogP contribution in [-0.2, 0) is 4.79 Å². The second-order valence-corrected chi connectivity index (χ2v) is 3.44. The predicted octanol–water partition coefficient (Wildman–Crippen LogP) is 2.15. The number of rotatable bonds is 4. The zero-order chi connectivity index (χ0) is 14.5. The van der Waals surface area contributed by atoms with Gasteiger partial charge in [0.05, 0.1) is 6.42 Å². The van der Waals surface area contributed by atoms with Gasteiger partial charge in [0.15, 0.2) is 0 Å². The molecular weight excluding hydrogens is 266 g/mol. The molecular formula is C12H9F4NO2. The molecule has 7 heteroatoms. The molecule has 0 bridgehead atoms. The Morgan fingerprint density at radius 1 is 1.42 bits per heavy atom. The van der Waals surface area contributed by atoms with Crippen LogP contribution < -0.4 is 10.5 Å². The molecule has 0 heterocycles. The first-order chi connectivity index (χ1) is 8.81. The summed E-state index contributed by atoms with van der Waals surface area (Å²) in [6.45, 7) is 0. The van der Waals surface area contributed by atoms with E-state index < -0.39 is 24.2 Å². The maximum atomic E-state index is 12.7. The summed E-state index contributed by atoms with van der Waals surface area (Å²) in [7, 11) is 0. The largest absolute Gasteiger partial charge is 0.461 e. The van der Waals surface area contributed by atoms with Crippen molar-refractivity contribution >= 4 is 5.91 Å². The van der Waals surface area contributed by atoms with Crippen molar-refractivity contribution in [3.05, 3.63) is 29.8 Å². The van der Waals surface area contributed by atoms with Crippen LogP contribution in [-0.4, -0.2) is 18.4 Å². The summed E-state index contributed by atoms with van der Waals surface area (Å²) in [5.41, 5.74) is 5.09. The molecule has 0 saturated heterocycles. The van der Waals surface area contributed by atoms with Crippen molar-refractivity contribution < 1.29 is 27.1 Å². The number of ether oxygens (including phenoxy) is 1. The molecule has 0 fully saturated rings. The van der Waals surface area contributed by atoms with E-state index in [9.17, 15) is 22.4 Å². The third-order valence-electron chi connectivity index (χ3n) is 1.84. The maximum absolute atomic E-state index is 12.7. The lowest BCUT2D eigenvalue weighted by atomic mass is 10.2. The van der Waals surface area contributed by atoms with Gasteiger partial charge in [-0.25, -0.2) is 0 Å². The number of alkyl halides is 4. The van der Waals surface area contributed by atoms with E-state index in [-0.39, 0.29) is 12.0 Å². The van der Waals surface area contributed by atoms with Crippen LogP contribution in [0.1, 0.15) is 12.0 Å². The van der Waals surface area contributed by atoms with Crippen molar-refractivity contribution in [3.63, 3.8) is 0 Å². The quantitative estimate of drug-likeness (QED) is 0.676. The summed E-state index contributed by atoms with van der Waals surface area (Å²) in [4.78, 5) is 10.4. The number of hydrogen-bond donors (Lipinski definition) is 1. The maximum Gasteiger partial charge on any atom is 0.461 e. The smallest absolute Gasteiger partial charge is 0.428 e. The molecule has 1 aromatic rings. The van der Waals surface area contributed by atoms with Crippen LogP contribution in [0.25, 0.3) is 0 Å². The van der Waals surface area contributed by atoms with E-state index in [0.29, 0.717) is 0 Å². The highest BCUT2D eigenvalue weighted by atomic mass is 19.3. The average Bonchev–Trinajstić information content (AvgIpc) is 2.28. The molecule has 0 saturated carbocycles. The molecule has 3 nitrogen and oxygen atoms in total. The van der Waals surface area contributed by atoms with Gasteiger partial charge in [-0.1, -0.05) is 17.9 Å². The first kappa shape index (κ1) is 14.8. The fraction of sp³-hybridized carbons (Fsp3) is 0.250. The van der Waals surface area contributed by atoms with E-state index in [1.54, 1.807) is 0 Å². The summed E-state index contributed by atoms with van der Waals surface area (Å²) in [6, 6.07) is 4.91. The zero-order valence-corrected chi connectivity index (χ0v) is 9.50. The summed E-state index contributed by atoms with van der Waals surface area (Å²) >= 11 is 0. The van der Waals surface area contributed by atoms with Gasteiger partial charge in [-0.15, -0.1) is 0 Å². The van der Waals surface area contributed by atoms with Gasteiger partial charge in [-0.3, -0.25) is 4.79 Å². The highest BCUT2D eigenvalue weighted by molar-refractivity contribution is 5.76. The Kier molecular flexibility index (Phi) is 4.75. The van der Waals surface area contributed by atoms with Crippen LogP contribution in [0.15, 0.2) is 24.3 Å². The molecule has 1 amide bonds. The van der Waals surface area contributed by atoms with Gasteiger partial charge < -0.3 is 10.5 Å². The first-order valence-corrected chi connectivity index (χ1v) is 5.03. The van der Waals surface area contributed by atoms with E-state index in [2.05, 4.69) is 16.6 Å². The number of benzene rings is 1. The number of carbonyl (C=O) groups is 1. The Morgan fingerprint density at radius 2 is 2.11 bits per heavy atom. The lowest BCUT2D eigenvalue weighted by Crippen LogP contribution is -2.33. The third-order valence-corrected chi connectivity index (χ3v) is 1.84. The minimum atomic E-state index is -4.57. The summed E-state index contributed by atoms with van der Waals surface area (Å²) in [6.07, 6.45) is -8.70. The second kappa shape index (κ2) is 6.09. The van der Waals surface area contributed by atoms with Gasteiger partial charge in [0.25, 0.3) is 0 Å². The fourth-order valence-corrected chi connectivity index (χ4v) is 1.07. The Labute approximate surface area is 106 Å². The number of hydrogen-bond acceptors (Lipinski definition) is 2. The summed E-state index contributed by atoms with van der Waals surface area (Å²) in [5.74, 6) is 3.78. The molecule has 0 aliphatic carbocycles. The SMILES string of the molecule is NC(=O)CC#Cc1cccc(OC(F)(F)C(F)F)c1. The van der Waals surface area contributed by atoms with Crippen LogP contribution >= 0.6 is 0 Å². The number of carbonyl (C=O) groups excluding carboxylic acids is 1. The standard InChI is InChI=1S/C12H9F4NO2/c13-11(14)12(15,16)19-9-5-1-3-8(7-9)4-2-6-10(17)18/h1,3,5,7,11H,6H2,(H2,17,18). The normalized spacial score (nSPS) is 10.8. The molecule has 0 spiro atoms. The molecule has 0 radical (unpaired) electrons. The number of amides is 1. The van der Waals surface area contributed by atoms with Crippen LogP contribution in [0.5, 0.6) is 5.75 Å².